The fourth-order valence-corrected chi connectivity index (χ4v) is 4.78. The molecule has 0 radical (unpaired) electrons. The Bertz CT molecular complexity index is 1050. The van der Waals surface area contributed by atoms with Crippen LogP contribution in [0.15, 0.2) is 16.9 Å². The SMILES string of the molecule is CCc1cc(C)cc(CC)c1-c1c(OC(=O)C(C)(C)C)n2n(c1=O)CC1COC(C1)C2. The second kappa shape index (κ2) is 7.97. The van der Waals surface area contributed by atoms with Gasteiger partial charge in [-0.3, -0.25) is 9.59 Å². The summed E-state index contributed by atoms with van der Waals surface area (Å²) in [5, 5.41) is 0. The lowest BCUT2D eigenvalue weighted by Crippen LogP contribution is -2.30. The smallest absolute Gasteiger partial charge is 0.317 e. The third-order valence-electron chi connectivity index (χ3n) is 6.42. The van der Waals surface area contributed by atoms with Gasteiger partial charge in [0.1, 0.15) is 5.56 Å². The van der Waals surface area contributed by atoms with Crippen LogP contribution in [0, 0.1) is 18.3 Å². The quantitative estimate of drug-likeness (QED) is 0.690. The molecule has 0 N–H and O–H groups in total. The molecule has 2 bridgehead atoms. The summed E-state index contributed by atoms with van der Waals surface area (Å²) in [7, 11) is 0. The molecular formula is C25H34N2O4. The molecule has 4 rings (SSSR count). The number of aryl methyl sites for hydroxylation is 3. The second-order valence-corrected chi connectivity index (χ2v) is 10.0. The van der Waals surface area contributed by atoms with Crippen molar-refractivity contribution < 1.29 is 14.3 Å². The van der Waals surface area contributed by atoms with Gasteiger partial charge in [-0.25, -0.2) is 9.36 Å². The monoisotopic (exact) mass is 426 g/mol. The van der Waals surface area contributed by atoms with Crippen LogP contribution < -0.4 is 10.3 Å². The highest BCUT2D eigenvalue weighted by molar-refractivity contribution is 5.82. The van der Waals surface area contributed by atoms with E-state index >= 15 is 0 Å². The lowest BCUT2D eigenvalue weighted by atomic mass is 9.91. The van der Waals surface area contributed by atoms with Gasteiger partial charge in [-0.1, -0.05) is 31.5 Å². The second-order valence-electron chi connectivity index (χ2n) is 10.0. The van der Waals surface area contributed by atoms with E-state index in [4.69, 9.17) is 9.47 Å². The molecule has 0 saturated carbocycles. The maximum absolute atomic E-state index is 13.8. The standard InChI is InChI=1S/C25H34N2O4/c1-7-17-9-15(3)10-18(8-2)20(17)21-22(28)26-12-16-11-19(30-14-16)13-27(26)23(21)31-24(29)25(4,5)6/h9-10,16,19H,7-8,11-14H2,1-6H3. The zero-order valence-corrected chi connectivity index (χ0v) is 19.6. The van der Waals surface area contributed by atoms with Gasteiger partial charge in [-0.05, 0) is 63.6 Å². The summed E-state index contributed by atoms with van der Waals surface area (Å²) in [5.41, 5.74) is 4.11. The van der Waals surface area contributed by atoms with Crippen LogP contribution in [0.5, 0.6) is 5.88 Å². The van der Waals surface area contributed by atoms with Crippen LogP contribution in [-0.4, -0.2) is 28.0 Å². The minimum atomic E-state index is -0.676. The number of aromatic nitrogens is 2. The molecule has 2 aliphatic heterocycles. The van der Waals surface area contributed by atoms with Crippen molar-refractivity contribution in [1.29, 1.82) is 0 Å². The molecule has 6 heteroatoms. The Labute approximate surface area is 184 Å². The fourth-order valence-electron chi connectivity index (χ4n) is 4.78. The van der Waals surface area contributed by atoms with E-state index in [0.717, 1.165) is 36.0 Å². The average molecular weight is 427 g/mol. The van der Waals surface area contributed by atoms with E-state index < -0.39 is 5.41 Å². The molecule has 168 valence electrons. The molecule has 1 fully saturated rings. The van der Waals surface area contributed by atoms with E-state index in [-0.39, 0.29) is 17.6 Å². The predicted octanol–water partition coefficient (Wildman–Crippen LogP) is 4.12. The number of esters is 1. The molecule has 1 aromatic carbocycles. The molecule has 0 aliphatic carbocycles. The van der Waals surface area contributed by atoms with Gasteiger partial charge in [0.2, 0.25) is 5.88 Å². The summed E-state index contributed by atoms with van der Waals surface area (Å²) >= 11 is 0. The molecule has 31 heavy (non-hydrogen) atoms. The number of rotatable bonds is 4. The highest BCUT2D eigenvalue weighted by Gasteiger charge is 2.37. The number of ether oxygens (including phenoxy) is 2. The summed E-state index contributed by atoms with van der Waals surface area (Å²) in [5.74, 6) is 0.342. The van der Waals surface area contributed by atoms with Crippen LogP contribution in [-0.2, 0) is 35.5 Å². The third-order valence-corrected chi connectivity index (χ3v) is 6.42. The first kappa shape index (κ1) is 21.9. The van der Waals surface area contributed by atoms with Gasteiger partial charge in [-0.2, -0.15) is 0 Å². The predicted molar refractivity (Wildman–Crippen MR) is 121 cm³/mol. The van der Waals surface area contributed by atoms with Crippen molar-refractivity contribution in [3.63, 3.8) is 0 Å². The van der Waals surface area contributed by atoms with Crippen LogP contribution in [0.1, 0.15) is 57.7 Å². The number of hydrogen-bond acceptors (Lipinski definition) is 4. The fraction of sp³-hybridized carbons (Fsp3) is 0.600. The lowest BCUT2D eigenvalue weighted by molar-refractivity contribution is -0.143. The van der Waals surface area contributed by atoms with E-state index in [2.05, 4.69) is 32.9 Å². The molecule has 2 aliphatic rings. The molecule has 0 spiro atoms. The molecule has 1 aromatic heterocycles. The van der Waals surface area contributed by atoms with Crippen molar-refractivity contribution >= 4 is 5.97 Å². The van der Waals surface area contributed by atoms with Gasteiger partial charge >= 0.3 is 5.97 Å². The molecule has 1 saturated heterocycles. The lowest BCUT2D eigenvalue weighted by Gasteiger charge is -2.21. The summed E-state index contributed by atoms with van der Waals surface area (Å²) in [6.45, 7) is 13.6. The van der Waals surface area contributed by atoms with Crippen molar-refractivity contribution in [2.75, 3.05) is 6.61 Å². The highest BCUT2D eigenvalue weighted by atomic mass is 16.5. The van der Waals surface area contributed by atoms with Crippen molar-refractivity contribution in [2.45, 2.75) is 80.0 Å². The Balaban J connectivity index is 1.99. The summed E-state index contributed by atoms with van der Waals surface area (Å²) < 4.78 is 15.6. The van der Waals surface area contributed by atoms with Gasteiger partial charge in [-0.15, -0.1) is 0 Å². The van der Waals surface area contributed by atoms with Gasteiger partial charge in [0.15, 0.2) is 0 Å². The van der Waals surface area contributed by atoms with Gasteiger partial charge in [0.25, 0.3) is 5.56 Å². The van der Waals surface area contributed by atoms with Gasteiger partial charge in [0, 0.05) is 12.5 Å². The molecule has 2 atom stereocenters. The molecular weight excluding hydrogens is 392 g/mol. The normalized spacial score (nSPS) is 20.5. The molecule has 0 amide bonds. The summed E-state index contributed by atoms with van der Waals surface area (Å²) in [6, 6.07) is 4.29. The average Bonchev–Trinajstić information content (AvgIpc) is 3.16. The number of fused-ring (bicyclic) bond motifs is 3. The van der Waals surface area contributed by atoms with Gasteiger partial charge in [0.05, 0.1) is 24.7 Å². The largest absolute Gasteiger partial charge is 0.407 e. The minimum Gasteiger partial charge on any atom is -0.407 e. The minimum absolute atomic E-state index is 0.0415. The van der Waals surface area contributed by atoms with Gasteiger partial charge < -0.3 is 9.47 Å². The molecule has 3 heterocycles. The van der Waals surface area contributed by atoms with Crippen LogP contribution in [0.2, 0.25) is 0 Å². The maximum Gasteiger partial charge on any atom is 0.317 e. The van der Waals surface area contributed by atoms with Crippen LogP contribution in [0.3, 0.4) is 0 Å². The van der Waals surface area contributed by atoms with E-state index in [1.165, 1.54) is 5.56 Å². The van der Waals surface area contributed by atoms with E-state index in [9.17, 15) is 9.59 Å². The Morgan fingerprint density at radius 3 is 2.32 bits per heavy atom. The van der Waals surface area contributed by atoms with Crippen molar-refractivity contribution in [3.8, 4) is 17.0 Å². The number of carbonyl (C=O) groups is 1. The topological polar surface area (TPSA) is 62.5 Å². The Morgan fingerprint density at radius 1 is 1.10 bits per heavy atom. The Kier molecular flexibility index (Phi) is 5.63. The van der Waals surface area contributed by atoms with Crippen LogP contribution in [0.4, 0.5) is 0 Å². The van der Waals surface area contributed by atoms with Crippen LogP contribution in [0.25, 0.3) is 11.1 Å². The summed E-state index contributed by atoms with van der Waals surface area (Å²) in [6.07, 6.45) is 2.58. The van der Waals surface area contributed by atoms with Crippen molar-refractivity contribution in [2.24, 2.45) is 11.3 Å². The summed E-state index contributed by atoms with van der Waals surface area (Å²) in [4.78, 5) is 26.8. The number of hydrogen-bond donors (Lipinski definition) is 0. The first-order chi connectivity index (χ1) is 14.6. The van der Waals surface area contributed by atoms with Crippen molar-refractivity contribution in [3.05, 3.63) is 39.2 Å². The Morgan fingerprint density at radius 2 is 1.74 bits per heavy atom. The van der Waals surface area contributed by atoms with Crippen LogP contribution >= 0.6 is 0 Å². The van der Waals surface area contributed by atoms with E-state index in [1.54, 1.807) is 4.68 Å². The van der Waals surface area contributed by atoms with Crippen molar-refractivity contribution in [1.82, 2.24) is 9.36 Å². The first-order valence-corrected chi connectivity index (χ1v) is 11.4. The number of carbonyl (C=O) groups excluding carboxylic acids is 1. The van der Waals surface area contributed by atoms with E-state index in [1.807, 2.05) is 25.5 Å². The zero-order chi connectivity index (χ0) is 22.5. The zero-order valence-electron chi connectivity index (χ0n) is 19.6. The Hall–Kier alpha value is -2.34. The number of benzene rings is 1. The highest BCUT2D eigenvalue weighted by Crippen LogP contribution is 2.38. The third kappa shape index (κ3) is 3.86. The number of nitrogens with zero attached hydrogens (tertiary/aromatic N) is 2. The molecule has 6 nitrogen and oxygen atoms in total. The first-order valence-electron chi connectivity index (χ1n) is 11.4. The molecule has 2 aromatic rings. The van der Waals surface area contributed by atoms with E-state index in [0.29, 0.717) is 37.1 Å². The molecule has 2 unspecified atom stereocenters. The maximum atomic E-state index is 13.8.